The van der Waals surface area contributed by atoms with Crippen molar-refractivity contribution < 1.29 is 18.8 Å². The van der Waals surface area contributed by atoms with Crippen molar-refractivity contribution in [2.75, 3.05) is 12.4 Å². The third kappa shape index (κ3) is 3.14. The Morgan fingerprint density at radius 3 is 2.69 bits per heavy atom. The minimum Gasteiger partial charge on any atom is -0.396 e. The normalized spacial score (nSPS) is 10.8. The fourth-order valence-corrected chi connectivity index (χ4v) is 1.90. The molecule has 0 heterocycles. The van der Waals surface area contributed by atoms with Gasteiger partial charge >= 0.3 is 0 Å². The molecule has 0 fully saturated rings. The van der Waals surface area contributed by atoms with Crippen molar-refractivity contribution in [1.82, 2.24) is 0 Å². The summed E-state index contributed by atoms with van der Waals surface area (Å²) in [5.74, 6) is 0.275. The molecule has 0 aliphatic heterocycles. The molecule has 0 radical (unpaired) electrons. The van der Waals surface area contributed by atoms with Gasteiger partial charge in [0.05, 0.1) is 11.5 Å². The first-order valence-electron chi connectivity index (χ1n) is 4.36. The first kappa shape index (κ1) is 12.9. The molecule has 1 aromatic carbocycles. The lowest BCUT2D eigenvalue weighted by atomic mass is 10.2. The molecule has 0 bridgehead atoms. The molecule has 0 spiro atoms. The Bertz CT molecular complexity index is 387. The van der Waals surface area contributed by atoms with Crippen LogP contribution in [0.1, 0.15) is 12.0 Å². The van der Waals surface area contributed by atoms with E-state index in [0.29, 0.717) is 0 Å². The van der Waals surface area contributed by atoms with E-state index < -0.39 is 11.3 Å². The van der Waals surface area contributed by atoms with Gasteiger partial charge in [0.25, 0.3) is 12.1 Å². The summed E-state index contributed by atoms with van der Waals surface area (Å²) in [7, 11) is 0. The number of nitrogens with zero attached hydrogens (tertiary/aromatic N) is 1. The maximum Gasteiger partial charge on any atom is 0.269 e. The zero-order valence-corrected chi connectivity index (χ0v) is 8.92. The summed E-state index contributed by atoms with van der Waals surface area (Å²) in [5.41, 5.74) is -0.726. The molecule has 0 aliphatic carbocycles. The first-order valence-corrected chi connectivity index (χ1v) is 5.35. The molecular weight excluding hydrogens is 240 g/mol. The van der Waals surface area contributed by atoms with Gasteiger partial charge < -0.3 is 5.11 Å². The number of alkyl halides is 2. The molecule has 16 heavy (non-hydrogen) atoms. The summed E-state index contributed by atoms with van der Waals surface area (Å²) >= 11 is 1.04. The quantitative estimate of drug-likeness (QED) is 0.495. The van der Waals surface area contributed by atoms with Crippen molar-refractivity contribution in [2.24, 2.45) is 0 Å². The van der Waals surface area contributed by atoms with Crippen molar-refractivity contribution in [3.63, 3.8) is 0 Å². The highest BCUT2D eigenvalue weighted by Gasteiger charge is 2.17. The maximum atomic E-state index is 12.6. The zero-order chi connectivity index (χ0) is 12.1. The van der Waals surface area contributed by atoms with Crippen LogP contribution in [0, 0.1) is 10.1 Å². The van der Waals surface area contributed by atoms with Crippen molar-refractivity contribution >= 4 is 17.4 Å². The average Bonchev–Trinajstić information content (AvgIpc) is 2.25. The molecule has 0 atom stereocenters. The number of nitro groups is 1. The number of aliphatic hydroxyl groups is 1. The van der Waals surface area contributed by atoms with E-state index in [1.54, 1.807) is 0 Å². The van der Waals surface area contributed by atoms with E-state index >= 15 is 0 Å². The smallest absolute Gasteiger partial charge is 0.269 e. The Morgan fingerprint density at radius 1 is 1.50 bits per heavy atom. The molecule has 0 saturated carbocycles. The second-order valence-corrected chi connectivity index (χ2v) is 3.99. The number of hydrogen-bond acceptors (Lipinski definition) is 4. The van der Waals surface area contributed by atoms with Crippen molar-refractivity contribution in [1.29, 1.82) is 0 Å². The summed E-state index contributed by atoms with van der Waals surface area (Å²) in [6.07, 6.45) is -2.76. The number of thioether (sulfide) groups is 1. The Labute approximate surface area is 94.4 Å². The van der Waals surface area contributed by atoms with Crippen LogP contribution in [0.5, 0.6) is 0 Å². The van der Waals surface area contributed by atoms with Crippen molar-refractivity contribution in [3.8, 4) is 0 Å². The van der Waals surface area contributed by atoms with Gasteiger partial charge in [0.15, 0.2) is 0 Å². The van der Waals surface area contributed by atoms with Gasteiger partial charge in [-0.3, -0.25) is 10.1 Å². The van der Waals surface area contributed by atoms with E-state index in [2.05, 4.69) is 0 Å². The predicted molar refractivity (Wildman–Crippen MR) is 55.9 cm³/mol. The number of hydrogen-bond donors (Lipinski definition) is 1. The van der Waals surface area contributed by atoms with Gasteiger partial charge in [-0.1, -0.05) is 0 Å². The highest BCUT2D eigenvalue weighted by Crippen LogP contribution is 2.33. The third-order valence-corrected chi connectivity index (χ3v) is 2.86. The summed E-state index contributed by atoms with van der Waals surface area (Å²) in [6.45, 7) is -0.135. The molecule has 1 aromatic rings. The molecule has 0 amide bonds. The van der Waals surface area contributed by atoms with Gasteiger partial charge in [-0.2, -0.15) is 0 Å². The SMILES string of the molecule is O=[N+]([O-])c1ccc(SCCO)c(C(F)F)c1. The topological polar surface area (TPSA) is 63.4 Å². The Hall–Kier alpha value is -1.21. The second-order valence-electron chi connectivity index (χ2n) is 2.85. The Morgan fingerprint density at radius 2 is 2.19 bits per heavy atom. The molecule has 1 N–H and O–H groups in total. The zero-order valence-electron chi connectivity index (χ0n) is 8.10. The molecule has 0 saturated heterocycles. The molecular formula is C9H9F2NO3S. The van der Waals surface area contributed by atoms with Gasteiger partial charge in [-0.05, 0) is 6.07 Å². The van der Waals surface area contributed by atoms with E-state index in [1.807, 2.05) is 0 Å². The first-order chi connectivity index (χ1) is 7.56. The largest absolute Gasteiger partial charge is 0.396 e. The van der Waals surface area contributed by atoms with Crippen LogP contribution in [0.25, 0.3) is 0 Å². The highest BCUT2D eigenvalue weighted by molar-refractivity contribution is 7.99. The van der Waals surface area contributed by atoms with Crippen molar-refractivity contribution in [2.45, 2.75) is 11.3 Å². The maximum absolute atomic E-state index is 12.6. The predicted octanol–water partition coefficient (Wildman–Crippen LogP) is 2.62. The number of halogens is 2. The summed E-state index contributed by atoms with van der Waals surface area (Å²) in [6, 6.07) is 3.32. The Kier molecular flexibility index (Phi) is 4.63. The fourth-order valence-electron chi connectivity index (χ4n) is 1.11. The number of non-ortho nitro benzene ring substituents is 1. The van der Waals surface area contributed by atoms with Crippen molar-refractivity contribution in [3.05, 3.63) is 33.9 Å². The average molecular weight is 249 g/mol. The molecule has 0 aromatic heterocycles. The summed E-state index contributed by atoms with van der Waals surface area (Å²) in [4.78, 5) is 9.96. The molecule has 0 unspecified atom stereocenters. The van der Waals surface area contributed by atoms with Crippen LogP contribution >= 0.6 is 11.8 Å². The van der Waals surface area contributed by atoms with Crippen LogP contribution < -0.4 is 0 Å². The van der Waals surface area contributed by atoms with Gasteiger partial charge in [0.1, 0.15) is 0 Å². The van der Waals surface area contributed by atoms with Crippen LogP contribution in [0.2, 0.25) is 0 Å². The van der Waals surface area contributed by atoms with E-state index in [-0.39, 0.29) is 28.5 Å². The lowest BCUT2D eigenvalue weighted by molar-refractivity contribution is -0.385. The lowest BCUT2D eigenvalue weighted by Gasteiger charge is -2.07. The molecule has 7 heteroatoms. The monoisotopic (exact) mass is 249 g/mol. The second kappa shape index (κ2) is 5.76. The van der Waals surface area contributed by atoms with E-state index in [0.717, 1.165) is 17.8 Å². The standard InChI is InChI=1S/C9H9F2NO3S/c10-9(11)7-5-6(12(14)15)1-2-8(7)16-4-3-13/h1-2,5,9,13H,3-4H2. The number of benzene rings is 1. The third-order valence-electron chi connectivity index (χ3n) is 1.79. The molecule has 4 nitrogen and oxygen atoms in total. The number of rotatable bonds is 5. The highest BCUT2D eigenvalue weighted by atomic mass is 32.2. The summed E-state index contributed by atoms with van der Waals surface area (Å²) in [5, 5.41) is 19.0. The van der Waals surface area contributed by atoms with Gasteiger partial charge in [0, 0.05) is 28.3 Å². The van der Waals surface area contributed by atoms with Crippen LogP contribution in [-0.2, 0) is 0 Å². The van der Waals surface area contributed by atoms with Crippen LogP contribution in [0.15, 0.2) is 23.1 Å². The van der Waals surface area contributed by atoms with E-state index in [4.69, 9.17) is 5.11 Å². The Balaban J connectivity index is 3.04. The number of nitro benzene ring substituents is 1. The van der Waals surface area contributed by atoms with Gasteiger partial charge in [0.2, 0.25) is 0 Å². The number of aliphatic hydroxyl groups excluding tert-OH is 1. The van der Waals surface area contributed by atoms with Crippen LogP contribution in [-0.4, -0.2) is 22.4 Å². The lowest BCUT2D eigenvalue weighted by Crippen LogP contribution is -1.95. The van der Waals surface area contributed by atoms with E-state index in [9.17, 15) is 18.9 Å². The molecule has 88 valence electrons. The van der Waals surface area contributed by atoms with Gasteiger partial charge in [-0.25, -0.2) is 8.78 Å². The van der Waals surface area contributed by atoms with Crippen LogP contribution in [0.3, 0.4) is 0 Å². The summed E-state index contributed by atoms with van der Waals surface area (Å²) < 4.78 is 25.2. The van der Waals surface area contributed by atoms with E-state index in [1.165, 1.54) is 12.1 Å². The minimum atomic E-state index is -2.76. The molecule has 1 rings (SSSR count). The minimum absolute atomic E-state index is 0.135. The fraction of sp³-hybridized carbons (Fsp3) is 0.333. The van der Waals surface area contributed by atoms with Gasteiger partial charge in [-0.15, -0.1) is 11.8 Å². The molecule has 0 aliphatic rings. The van der Waals surface area contributed by atoms with Crippen LogP contribution in [0.4, 0.5) is 14.5 Å².